The molecule has 0 saturated carbocycles. The lowest BCUT2D eigenvalue weighted by atomic mass is 9.85. The Morgan fingerprint density at radius 2 is 1.63 bits per heavy atom. The number of rotatable bonds is 5. The van der Waals surface area contributed by atoms with Crippen LogP contribution in [0.3, 0.4) is 0 Å². The number of amides is 1. The highest BCUT2D eigenvalue weighted by Gasteiger charge is 2.32. The fourth-order valence-corrected chi connectivity index (χ4v) is 3.92. The van der Waals surface area contributed by atoms with Crippen LogP contribution in [0.5, 0.6) is 0 Å². The van der Waals surface area contributed by atoms with E-state index in [0.717, 1.165) is 31.5 Å². The number of carbonyl (C=O) groups excluding carboxylic acids is 1. The smallest absolute Gasteiger partial charge is 0.230 e. The number of hydrogen-bond acceptors (Lipinski definition) is 4. The fraction of sp³-hybridized carbons (Fsp3) is 0.591. The highest BCUT2D eigenvalue weighted by atomic mass is 16.4. The van der Waals surface area contributed by atoms with Crippen LogP contribution in [0, 0.1) is 12.8 Å². The summed E-state index contributed by atoms with van der Waals surface area (Å²) in [6.45, 7) is 12.0. The number of nitrogens with zero attached hydrogens (tertiary/aromatic N) is 3. The fourth-order valence-electron chi connectivity index (χ4n) is 3.92. The molecule has 2 aromatic rings. The van der Waals surface area contributed by atoms with Crippen LogP contribution in [-0.2, 0) is 4.79 Å². The van der Waals surface area contributed by atoms with Gasteiger partial charge in [-0.05, 0) is 35.8 Å². The Morgan fingerprint density at radius 1 is 1.04 bits per heavy atom. The Hall–Kier alpha value is -2.17. The van der Waals surface area contributed by atoms with Crippen molar-refractivity contribution < 1.29 is 9.21 Å². The number of aromatic nitrogens is 2. The SMILES string of the molecule is Cc1nnc(C2CCN(C(=O)C(c3ccc(C(C)C)cc3)C(C)C)CC2)o1. The van der Waals surface area contributed by atoms with Gasteiger partial charge in [0.25, 0.3) is 0 Å². The summed E-state index contributed by atoms with van der Waals surface area (Å²) in [5, 5.41) is 8.08. The molecule has 0 radical (unpaired) electrons. The number of hydrogen-bond donors (Lipinski definition) is 0. The van der Waals surface area contributed by atoms with E-state index in [4.69, 9.17) is 4.42 Å². The van der Waals surface area contributed by atoms with E-state index < -0.39 is 0 Å². The standard InChI is InChI=1S/C22H31N3O2/c1-14(2)17-6-8-18(9-7-17)20(15(3)4)22(26)25-12-10-19(11-13-25)21-24-23-16(5)27-21/h6-9,14-15,19-20H,10-13H2,1-5H3. The second-order valence-electron chi connectivity index (χ2n) is 8.30. The van der Waals surface area contributed by atoms with Gasteiger partial charge < -0.3 is 9.32 Å². The van der Waals surface area contributed by atoms with E-state index in [-0.39, 0.29) is 23.7 Å². The topological polar surface area (TPSA) is 59.2 Å². The number of piperidine rings is 1. The molecule has 0 spiro atoms. The van der Waals surface area contributed by atoms with Gasteiger partial charge in [-0.3, -0.25) is 4.79 Å². The Labute approximate surface area is 162 Å². The first kappa shape index (κ1) is 19.6. The molecule has 0 bridgehead atoms. The molecule has 1 aliphatic heterocycles. The molecule has 1 amide bonds. The highest BCUT2D eigenvalue weighted by Crippen LogP contribution is 2.32. The summed E-state index contributed by atoms with van der Waals surface area (Å²) < 4.78 is 5.58. The normalized spacial score (nSPS) is 16.9. The lowest BCUT2D eigenvalue weighted by molar-refractivity contribution is -0.135. The van der Waals surface area contributed by atoms with Gasteiger partial charge in [-0.1, -0.05) is 52.0 Å². The van der Waals surface area contributed by atoms with Gasteiger partial charge in [0.05, 0.1) is 5.92 Å². The maximum absolute atomic E-state index is 13.3. The van der Waals surface area contributed by atoms with Crippen LogP contribution in [0.4, 0.5) is 0 Å². The molecule has 1 aliphatic rings. The van der Waals surface area contributed by atoms with E-state index in [1.165, 1.54) is 5.56 Å². The molecular weight excluding hydrogens is 338 g/mol. The van der Waals surface area contributed by atoms with Crippen molar-refractivity contribution in [3.63, 3.8) is 0 Å². The summed E-state index contributed by atoms with van der Waals surface area (Å²) in [7, 11) is 0. The van der Waals surface area contributed by atoms with Crippen molar-refractivity contribution in [3.05, 3.63) is 47.2 Å². The predicted molar refractivity (Wildman–Crippen MR) is 106 cm³/mol. The summed E-state index contributed by atoms with van der Waals surface area (Å²) in [6.07, 6.45) is 1.76. The molecule has 1 saturated heterocycles. The molecule has 2 heterocycles. The zero-order valence-electron chi connectivity index (χ0n) is 17.1. The quantitative estimate of drug-likeness (QED) is 0.770. The monoisotopic (exact) mass is 369 g/mol. The van der Waals surface area contributed by atoms with Gasteiger partial charge in [0.15, 0.2) is 0 Å². The first-order valence-electron chi connectivity index (χ1n) is 10.1. The number of carbonyl (C=O) groups is 1. The minimum atomic E-state index is -0.0894. The van der Waals surface area contributed by atoms with Crippen LogP contribution in [0.25, 0.3) is 0 Å². The molecule has 5 nitrogen and oxygen atoms in total. The minimum Gasteiger partial charge on any atom is -0.425 e. The summed E-state index contributed by atoms with van der Waals surface area (Å²) in [5.41, 5.74) is 2.43. The molecule has 1 aromatic heterocycles. The lowest BCUT2D eigenvalue weighted by Gasteiger charge is -2.34. The van der Waals surface area contributed by atoms with Crippen LogP contribution in [-0.4, -0.2) is 34.1 Å². The van der Waals surface area contributed by atoms with Gasteiger partial charge in [0.2, 0.25) is 17.7 Å². The maximum atomic E-state index is 13.3. The van der Waals surface area contributed by atoms with Gasteiger partial charge in [0, 0.05) is 25.9 Å². The Kier molecular flexibility index (Phi) is 5.98. The summed E-state index contributed by atoms with van der Waals surface area (Å²) >= 11 is 0. The molecule has 1 aromatic carbocycles. The summed E-state index contributed by atoms with van der Waals surface area (Å²) in [4.78, 5) is 15.3. The molecule has 1 fully saturated rings. The van der Waals surface area contributed by atoms with Gasteiger partial charge in [-0.15, -0.1) is 10.2 Å². The third-order valence-corrected chi connectivity index (χ3v) is 5.59. The molecule has 3 rings (SSSR count). The van der Waals surface area contributed by atoms with Crippen LogP contribution < -0.4 is 0 Å². The Balaban J connectivity index is 1.69. The average Bonchev–Trinajstić information content (AvgIpc) is 3.08. The van der Waals surface area contributed by atoms with Gasteiger partial charge in [-0.2, -0.15) is 0 Å². The molecular formula is C22H31N3O2. The molecule has 146 valence electrons. The van der Waals surface area contributed by atoms with Gasteiger partial charge >= 0.3 is 0 Å². The van der Waals surface area contributed by atoms with Gasteiger partial charge in [-0.25, -0.2) is 0 Å². The van der Waals surface area contributed by atoms with Crippen LogP contribution in [0.1, 0.15) is 81.2 Å². The first-order valence-corrected chi connectivity index (χ1v) is 10.1. The molecule has 1 unspecified atom stereocenters. The average molecular weight is 370 g/mol. The van der Waals surface area contributed by atoms with Crippen LogP contribution >= 0.6 is 0 Å². The van der Waals surface area contributed by atoms with E-state index >= 15 is 0 Å². The molecule has 0 N–H and O–H groups in total. The summed E-state index contributed by atoms with van der Waals surface area (Å²) in [6, 6.07) is 8.58. The third-order valence-electron chi connectivity index (χ3n) is 5.59. The highest BCUT2D eigenvalue weighted by molar-refractivity contribution is 5.84. The van der Waals surface area contributed by atoms with Crippen LogP contribution in [0.2, 0.25) is 0 Å². The third kappa shape index (κ3) is 4.40. The van der Waals surface area contributed by atoms with E-state index in [0.29, 0.717) is 17.7 Å². The van der Waals surface area contributed by atoms with Crippen molar-refractivity contribution in [2.24, 2.45) is 5.92 Å². The molecule has 27 heavy (non-hydrogen) atoms. The van der Waals surface area contributed by atoms with Crippen molar-refractivity contribution in [2.45, 2.75) is 65.2 Å². The van der Waals surface area contributed by atoms with E-state index in [1.54, 1.807) is 0 Å². The molecule has 0 aliphatic carbocycles. The lowest BCUT2D eigenvalue weighted by Crippen LogP contribution is -2.41. The van der Waals surface area contributed by atoms with Crippen molar-refractivity contribution in [2.75, 3.05) is 13.1 Å². The van der Waals surface area contributed by atoms with Crippen molar-refractivity contribution >= 4 is 5.91 Å². The Morgan fingerprint density at radius 3 is 2.11 bits per heavy atom. The van der Waals surface area contributed by atoms with Crippen molar-refractivity contribution in [1.82, 2.24) is 15.1 Å². The second kappa shape index (κ2) is 8.24. The minimum absolute atomic E-state index is 0.0894. The largest absolute Gasteiger partial charge is 0.425 e. The number of likely N-dealkylation sites (tertiary alicyclic amines) is 1. The van der Waals surface area contributed by atoms with Crippen molar-refractivity contribution in [3.8, 4) is 0 Å². The number of benzene rings is 1. The second-order valence-corrected chi connectivity index (χ2v) is 8.30. The Bertz CT molecular complexity index is 756. The molecule has 1 atom stereocenters. The zero-order valence-corrected chi connectivity index (χ0v) is 17.1. The zero-order chi connectivity index (χ0) is 19.6. The predicted octanol–water partition coefficient (Wildman–Crippen LogP) is 4.65. The van der Waals surface area contributed by atoms with Gasteiger partial charge in [0.1, 0.15) is 0 Å². The van der Waals surface area contributed by atoms with E-state index in [2.05, 4.69) is 62.2 Å². The van der Waals surface area contributed by atoms with E-state index in [1.807, 2.05) is 11.8 Å². The molecule has 5 heteroatoms. The van der Waals surface area contributed by atoms with Crippen molar-refractivity contribution in [1.29, 1.82) is 0 Å². The van der Waals surface area contributed by atoms with E-state index in [9.17, 15) is 4.79 Å². The first-order chi connectivity index (χ1) is 12.9. The summed E-state index contributed by atoms with van der Waals surface area (Å²) in [5.74, 6) is 2.49. The maximum Gasteiger partial charge on any atom is 0.230 e. The number of aryl methyl sites for hydroxylation is 1. The van der Waals surface area contributed by atoms with Crippen LogP contribution in [0.15, 0.2) is 28.7 Å².